The molecule has 1 N–H and O–H groups in total. The van der Waals surface area contributed by atoms with E-state index in [1.165, 1.54) is 0 Å². The summed E-state index contributed by atoms with van der Waals surface area (Å²) in [7, 11) is 1.60. The zero-order valence-electron chi connectivity index (χ0n) is 14.6. The minimum Gasteiger partial charge on any atom is -0.497 e. The summed E-state index contributed by atoms with van der Waals surface area (Å²) in [5.74, 6) is 1.55. The highest BCUT2D eigenvalue weighted by atomic mass is 35.5. The van der Waals surface area contributed by atoms with Crippen molar-refractivity contribution < 1.29 is 18.7 Å². The van der Waals surface area contributed by atoms with E-state index >= 15 is 0 Å². The topological polar surface area (TPSA) is 86.5 Å². The number of anilines is 1. The Kier molecular flexibility index (Phi) is 7.02. The molecule has 0 saturated heterocycles. The van der Waals surface area contributed by atoms with Gasteiger partial charge in [-0.15, -0.1) is 10.2 Å². The van der Waals surface area contributed by atoms with Crippen LogP contribution in [0, 0.1) is 0 Å². The molecule has 0 aliphatic heterocycles. The van der Waals surface area contributed by atoms with Crippen LogP contribution in [0.1, 0.15) is 5.89 Å². The van der Waals surface area contributed by atoms with Crippen molar-refractivity contribution in [2.24, 2.45) is 0 Å². The van der Waals surface area contributed by atoms with Crippen molar-refractivity contribution in [2.45, 2.75) is 11.8 Å². The molecule has 7 nitrogen and oxygen atoms in total. The molecule has 0 radical (unpaired) electrons. The molecule has 3 rings (SSSR count). The molecule has 0 unspecified atom stereocenters. The summed E-state index contributed by atoms with van der Waals surface area (Å²) < 4.78 is 16.1. The van der Waals surface area contributed by atoms with Gasteiger partial charge in [0, 0.05) is 5.69 Å². The normalized spacial score (nSPS) is 10.5. The van der Waals surface area contributed by atoms with Gasteiger partial charge >= 0.3 is 0 Å². The number of hydrogen-bond donors (Lipinski definition) is 1. The molecule has 146 valence electrons. The van der Waals surface area contributed by atoms with E-state index < -0.39 is 0 Å². The van der Waals surface area contributed by atoms with Gasteiger partial charge in [0.05, 0.1) is 22.9 Å². The first-order valence-electron chi connectivity index (χ1n) is 8.00. The Balaban J connectivity index is 1.45. The number of halogens is 2. The van der Waals surface area contributed by atoms with E-state index in [9.17, 15) is 4.79 Å². The Labute approximate surface area is 175 Å². The maximum Gasteiger partial charge on any atom is 0.277 e. The molecule has 1 aromatic heterocycles. The summed E-state index contributed by atoms with van der Waals surface area (Å²) in [6.07, 6.45) is 0. The Morgan fingerprint density at radius 2 is 1.86 bits per heavy atom. The SMILES string of the molecule is COc1ccc(OCc2nnc(SCC(=O)Nc3ccc(Cl)c(Cl)c3)o2)cc1. The van der Waals surface area contributed by atoms with Crippen LogP contribution in [0.5, 0.6) is 11.5 Å². The first-order chi connectivity index (χ1) is 13.5. The number of carbonyl (C=O) groups excluding carboxylic acids is 1. The lowest BCUT2D eigenvalue weighted by molar-refractivity contribution is -0.113. The Morgan fingerprint density at radius 1 is 1.11 bits per heavy atom. The smallest absolute Gasteiger partial charge is 0.277 e. The number of nitrogens with one attached hydrogen (secondary N) is 1. The van der Waals surface area contributed by atoms with Crippen LogP contribution in [0.3, 0.4) is 0 Å². The van der Waals surface area contributed by atoms with Crippen LogP contribution in [-0.2, 0) is 11.4 Å². The van der Waals surface area contributed by atoms with Crippen LogP contribution >= 0.6 is 35.0 Å². The van der Waals surface area contributed by atoms with Crippen molar-refractivity contribution in [3.05, 3.63) is 58.4 Å². The molecule has 0 aliphatic carbocycles. The van der Waals surface area contributed by atoms with Gasteiger partial charge in [-0.05, 0) is 42.5 Å². The number of hydrogen-bond acceptors (Lipinski definition) is 7. The molecule has 0 fully saturated rings. The van der Waals surface area contributed by atoms with Gasteiger partial charge in [0.15, 0.2) is 6.61 Å². The number of ether oxygens (including phenoxy) is 2. The number of amides is 1. The van der Waals surface area contributed by atoms with Crippen LogP contribution < -0.4 is 14.8 Å². The third-order valence-electron chi connectivity index (χ3n) is 3.40. The zero-order valence-corrected chi connectivity index (χ0v) is 17.0. The molecule has 0 aliphatic rings. The van der Waals surface area contributed by atoms with Crippen molar-refractivity contribution in [1.82, 2.24) is 10.2 Å². The fourth-order valence-electron chi connectivity index (χ4n) is 2.07. The highest BCUT2D eigenvalue weighted by Crippen LogP contribution is 2.25. The largest absolute Gasteiger partial charge is 0.497 e. The van der Waals surface area contributed by atoms with E-state index in [0.717, 1.165) is 17.5 Å². The average Bonchev–Trinajstić information content (AvgIpc) is 3.16. The first kappa shape index (κ1) is 20.3. The Hall–Kier alpha value is -2.42. The molecule has 0 spiro atoms. The van der Waals surface area contributed by atoms with Crippen LogP contribution in [0.4, 0.5) is 5.69 Å². The summed E-state index contributed by atoms with van der Waals surface area (Å²) in [6.45, 7) is 0.120. The summed E-state index contributed by atoms with van der Waals surface area (Å²) in [6, 6.07) is 12.0. The van der Waals surface area contributed by atoms with E-state index in [4.69, 9.17) is 37.1 Å². The molecule has 2 aromatic carbocycles. The standard InChI is InChI=1S/C18H15Cl2N3O4S/c1-25-12-3-5-13(6-4-12)26-9-17-22-23-18(27-17)28-10-16(24)21-11-2-7-14(19)15(20)8-11/h2-8H,9-10H2,1H3,(H,21,24). The van der Waals surface area contributed by atoms with E-state index in [-0.39, 0.29) is 23.5 Å². The number of carbonyl (C=O) groups is 1. The maximum absolute atomic E-state index is 12.0. The quantitative estimate of drug-likeness (QED) is 0.509. The van der Waals surface area contributed by atoms with Gasteiger partial charge < -0.3 is 19.2 Å². The van der Waals surface area contributed by atoms with Crippen molar-refractivity contribution >= 4 is 46.6 Å². The van der Waals surface area contributed by atoms with Crippen LogP contribution in [-0.4, -0.2) is 29.0 Å². The summed E-state index contributed by atoms with van der Waals surface area (Å²) in [5.41, 5.74) is 0.555. The second-order valence-electron chi connectivity index (χ2n) is 5.39. The number of rotatable bonds is 8. The first-order valence-corrected chi connectivity index (χ1v) is 9.74. The predicted molar refractivity (Wildman–Crippen MR) is 107 cm³/mol. The van der Waals surface area contributed by atoms with Gasteiger partial charge in [0.2, 0.25) is 5.91 Å². The summed E-state index contributed by atoms with van der Waals surface area (Å²) >= 11 is 12.9. The van der Waals surface area contributed by atoms with Crippen molar-refractivity contribution in [3.63, 3.8) is 0 Å². The van der Waals surface area contributed by atoms with Gasteiger partial charge in [0.1, 0.15) is 11.5 Å². The van der Waals surface area contributed by atoms with Crippen LogP contribution in [0.2, 0.25) is 10.0 Å². The molecular weight excluding hydrogens is 425 g/mol. The summed E-state index contributed by atoms with van der Waals surface area (Å²) in [4.78, 5) is 12.0. The third kappa shape index (κ3) is 5.79. The fourth-order valence-corrected chi connectivity index (χ4v) is 2.95. The van der Waals surface area contributed by atoms with Crippen molar-refractivity contribution in [2.75, 3.05) is 18.2 Å². The maximum atomic E-state index is 12.0. The zero-order chi connectivity index (χ0) is 19.9. The monoisotopic (exact) mass is 439 g/mol. The Morgan fingerprint density at radius 3 is 2.57 bits per heavy atom. The minimum absolute atomic E-state index is 0.0984. The van der Waals surface area contributed by atoms with E-state index in [1.54, 1.807) is 49.6 Å². The molecule has 0 atom stereocenters. The lowest BCUT2D eigenvalue weighted by atomic mass is 10.3. The van der Waals surface area contributed by atoms with E-state index in [1.807, 2.05) is 0 Å². The van der Waals surface area contributed by atoms with E-state index in [2.05, 4.69) is 15.5 Å². The molecule has 28 heavy (non-hydrogen) atoms. The van der Waals surface area contributed by atoms with Gasteiger partial charge in [-0.25, -0.2) is 0 Å². The number of aromatic nitrogens is 2. The molecule has 1 heterocycles. The van der Waals surface area contributed by atoms with Gasteiger partial charge in [-0.1, -0.05) is 35.0 Å². The van der Waals surface area contributed by atoms with Crippen LogP contribution in [0.25, 0.3) is 0 Å². The number of thioether (sulfide) groups is 1. The average molecular weight is 440 g/mol. The van der Waals surface area contributed by atoms with Gasteiger partial charge in [-0.3, -0.25) is 4.79 Å². The van der Waals surface area contributed by atoms with Crippen molar-refractivity contribution in [3.8, 4) is 11.5 Å². The molecule has 3 aromatic rings. The predicted octanol–water partition coefficient (Wildman–Crippen LogP) is 4.69. The Bertz CT molecular complexity index is 950. The number of benzene rings is 2. The lowest BCUT2D eigenvalue weighted by Crippen LogP contribution is -2.13. The molecule has 10 heteroatoms. The number of nitrogens with zero attached hydrogens (tertiary/aromatic N) is 2. The molecule has 0 saturated carbocycles. The van der Waals surface area contributed by atoms with Crippen LogP contribution in [0.15, 0.2) is 52.1 Å². The fraction of sp³-hybridized carbons (Fsp3) is 0.167. The highest BCUT2D eigenvalue weighted by molar-refractivity contribution is 7.99. The van der Waals surface area contributed by atoms with Gasteiger partial charge in [0.25, 0.3) is 11.1 Å². The minimum atomic E-state index is -0.238. The lowest BCUT2D eigenvalue weighted by Gasteiger charge is -2.05. The van der Waals surface area contributed by atoms with E-state index in [0.29, 0.717) is 27.4 Å². The third-order valence-corrected chi connectivity index (χ3v) is 4.96. The molecule has 0 bridgehead atoms. The second kappa shape index (κ2) is 9.68. The second-order valence-corrected chi connectivity index (χ2v) is 7.13. The van der Waals surface area contributed by atoms with Gasteiger partial charge in [-0.2, -0.15) is 0 Å². The number of methoxy groups -OCH3 is 1. The summed E-state index contributed by atoms with van der Waals surface area (Å²) in [5, 5.41) is 11.6. The highest BCUT2D eigenvalue weighted by Gasteiger charge is 2.11. The molecule has 1 amide bonds. The molecular formula is C18H15Cl2N3O4S. The van der Waals surface area contributed by atoms with Crippen molar-refractivity contribution in [1.29, 1.82) is 0 Å².